The summed E-state index contributed by atoms with van der Waals surface area (Å²) in [6.45, 7) is 10.5. The third-order valence-electron chi connectivity index (χ3n) is 2.78. The molecule has 0 aromatic heterocycles. The van der Waals surface area contributed by atoms with E-state index >= 15 is 0 Å². The highest BCUT2D eigenvalue weighted by molar-refractivity contribution is 7.80. The highest BCUT2D eigenvalue weighted by atomic mass is 32.1. The van der Waals surface area contributed by atoms with Crippen LogP contribution < -0.4 is 16.2 Å². The molecule has 5 nitrogen and oxygen atoms in total. The van der Waals surface area contributed by atoms with Crippen molar-refractivity contribution in [1.29, 1.82) is 0 Å². The molecular weight excluding hydrogens is 272 g/mol. The van der Waals surface area contributed by atoms with Gasteiger partial charge in [0.05, 0.1) is 0 Å². The van der Waals surface area contributed by atoms with E-state index in [0.29, 0.717) is 5.11 Å². The maximum absolute atomic E-state index is 11.2. The summed E-state index contributed by atoms with van der Waals surface area (Å²) in [5, 5.41) is 3.41. The molecule has 0 atom stereocenters. The van der Waals surface area contributed by atoms with Gasteiger partial charge in [-0.2, -0.15) is 0 Å². The quantitative estimate of drug-likeness (QED) is 0.451. The van der Waals surface area contributed by atoms with Crippen molar-refractivity contribution in [3.63, 3.8) is 0 Å². The van der Waals surface area contributed by atoms with Crippen LogP contribution in [0.5, 0.6) is 0 Å². The first-order chi connectivity index (χ1) is 9.62. The van der Waals surface area contributed by atoms with Crippen LogP contribution in [0, 0.1) is 6.57 Å². The Morgan fingerprint density at radius 3 is 2.35 bits per heavy atom. The zero-order valence-electron chi connectivity index (χ0n) is 11.6. The number of aryl methyl sites for hydroxylation is 2. The smallest absolute Gasteiger partial charge is 0.318 e. The Morgan fingerprint density at radius 2 is 1.85 bits per heavy atom. The van der Waals surface area contributed by atoms with Crippen LogP contribution in [-0.2, 0) is 17.6 Å². The molecule has 0 saturated heterocycles. The molecule has 0 aliphatic rings. The van der Waals surface area contributed by atoms with Crippen LogP contribution in [0.3, 0.4) is 0 Å². The van der Waals surface area contributed by atoms with E-state index in [1.54, 1.807) is 0 Å². The van der Waals surface area contributed by atoms with Gasteiger partial charge in [0, 0.05) is 5.69 Å². The van der Waals surface area contributed by atoms with E-state index in [1.165, 1.54) is 11.1 Å². The maximum atomic E-state index is 11.2. The zero-order chi connectivity index (χ0) is 15.0. The predicted molar refractivity (Wildman–Crippen MR) is 84.2 cm³/mol. The van der Waals surface area contributed by atoms with Gasteiger partial charge in [0.1, 0.15) is 0 Å². The number of anilines is 1. The molecule has 0 aliphatic carbocycles. The lowest BCUT2D eigenvalue weighted by Crippen LogP contribution is -2.44. The zero-order valence-corrected chi connectivity index (χ0v) is 12.4. The van der Waals surface area contributed by atoms with Crippen molar-refractivity contribution in [2.75, 3.05) is 11.9 Å². The molecule has 3 N–H and O–H groups in total. The molecule has 1 rings (SSSR count). The Balaban J connectivity index is 2.71. The van der Waals surface area contributed by atoms with Gasteiger partial charge < -0.3 is 10.2 Å². The molecule has 0 heterocycles. The summed E-state index contributed by atoms with van der Waals surface area (Å²) in [6.07, 6.45) is 1.78. The van der Waals surface area contributed by atoms with Crippen molar-refractivity contribution < 1.29 is 4.79 Å². The van der Waals surface area contributed by atoms with E-state index in [4.69, 9.17) is 18.8 Å². The summed E-state index contributed by atoms with van der Waals surface area (Å²) in [7, 11) is 0. The first-order valence-electron chi connectivity index (χ1n) is 6.42. The van der Waals surface area contributed by atoms with Crippen molar-refractivity contribution in [2.24, 2.45) is 0 Å². The lowest BCUT2D eigenvalue weighted by atomic mass is 10.0. The van der Waals surface area contributed by atoms with Crippen molar-refractivity contribution in [2.45, 2.75) is 26.7 Å². The van der Waals surface area contributed by atoms with Crippen molar-refractivity contribution in [1.82, 2.24) is 10.9 Å². The normalized spacial score (nSPS) is 9.45. The van der Waals surface area contributed by atoms with Gasteiger partial charge in [-0.15, -0.1) is 0 Å². The Hall–Kier alpha value is -2.13. The lowest BCUT2D eigenvalue weighted by molar-refractivity contribution is -0.119. The van der Waals surface area contributed by atoms with Crippen LogP contribution in [0.4, 0.5) is 5.69 Å². The van der Waals surface area contributed by atoms with Gasteiger partial charge in [-0.25, -0.2) is 6.57 Å². The van der Waals surface area contributed by atoms with Crippen LogP contribution in [0.15, 0.2) is 18.2 Å². The second-order valence-electron chi connectivity index (χ2n) is 4.10. The fourth-order valence-corrected chi connectivity index (χ4v) is 1.94. The Labute approximate surface area is 124 Å². The molecule has 1 aromatic rings. The largest absolute Gasteiger partial charge is 0.331 e. The average molecular weight is 290 g/mol. The Kier molecular flexibility index (Phi) is 6.47. The van der Waals surface area contributed by atoms with Crippen LogP contribution in [0.2, 0.25) is 0 Å². The van der Waals surface area contributed by atoms with Crippen LogP contribution in [0.25, 0.3) is 4.85 Å². The molecule has 0 aliphatic heterocycles. The molecule has 0 unspecified atom stereocenters. The number of benzene rings is 1. The van der Waals surface area contributed by atoms with Gasteiger partial charge in [-0.1, -0.05) is 32.0 Å². The van der Waals surface area contributed by atoms with Gasteiger partial charge in [0.25, 0.3) is 6.54 Å². The molecule has 1 amide bonds. The number of thiocarbonyl (C=S) groups is 1. The van der Waals surface area contributed by atoms with Crippen LogP contribution in [0.1, 0.15) is 25.0 Å². The van der Waals surface area contributed by atoms with E-state index in [9.17, 15) is 4.79 Å². The SMILES string of the molecule is [C-]#[N+]CC(=O)NNC(=S)Nc1c(CC)cccc1CC. The molecule has 1 aromatic carbocycles. The Morgan fingerprint density at radius 1 is 1.25 bits per heavy atom. The second kappa shape index (κ2) is 8.12. The number of nitrogens with zero attached hydrogens (tertiary/aromatic N) is 1. The lowest BCUT2D eigenvalue weighted by Gasteiger charge is -2.16. The topological polar surface area (TPSA) is 57.5 Å². The summed E-state index contributed by atoms with van der Waals surface area (Å²) >= 11 is 5.14. The number of para-hydroxylation sites is 1. The van der Waals surface area contributed by atoms with Gasteiger partial charge in [-0.05, 0) is 36.2 Å². The van der Waals surface area contributed by atoms with Crippen molar-refractivity contribution in [3.8, 4) is 0 Å². The van der Waals surface area contributed by atoms with Crippen LogP contribution >= 0.6 is 12.2 Å². The third-order valence-corrected chi connectivity index (χ3v) is 2.98. The minimum Gasteiger partial charge on any atom is -0.331 e. The number of carbonyl (C=O) groups excluding carboxylic acids is 1. The van der Waals surface area contributed by atoms with Gasteiger partial charge >= 0.3 is 5.91 Å². The van der Waals surface area contributed by atoms with Crippen molar-refractivity contribution in [3.05, 3.63) is 40.7 Å². The number of carbonyl (C=O) groups is 1. The average Bonchev–Trinajstić information content (AvgIpc) is 2.45. The highest BCUT2D eigenvalue weighted by Gasteiger charge is 2.09. The number of rotatable bonds is 4. The summed E-state index contributed by atoms with van der Waals surface area (Å²) < 4.78 is 0. The fraction of sp³-hybridized carbons (Fsp3) is 0.357. The van der Waals surface area contributed by atoms with Gasteiger partial charge in [-0.3, -0.25) is 15.6 Å². The number of hydrazine groups is 1. The molecule has 20 heavy (non-hydrogen) atoms. The van der Waals surface area contributed by atoms with E-state index in [1.807, 2.05) is 18.2 Å². The summed E-state index contributed by atoms with van der Waals surface area (Å²) in [5.74, 6) is -0.413. The highest BCUT2D eigenvalue weighted by Crippen LogP contribution is 2.22. The number of hydrogen-bond donors (Lipinski definition) is 3. The molecular formula is C14H18N4OS. The molecule has 0 fully saturated rings. The summed E-state index contributed by atoms with van der Waals surface area (Å²) in [4.78, 5) is 14.2. The first-order valence-corrected chi connectivity index (χ1v) is 6.83. The van der Waals surface area contributed by atoms with E-state index in [2.05, 4.69) is 34.9 Å². The molecule has 0 radical (unpaired) electrons. The molecule has 0 spiro atoms. The molecule has 6 heteroatoms. The van der Waals surface area contributed by atoms with E-state index < -0.39 is 5.91 Å². The maximum Gasteiger partial charge on any atom is 0.318 e. The molecule has 106 valence electrons. The second-order valence-corrected chi connectivity index (χ2v) is 4.51. The minimum atomic E-state index is -0.413. The number of nitrogens with one attached hydrogen (secondary N) is 3. The fourth-order valence-electron chi connectivity index (χ4n) is 1.79. The predicted octanol–water partition coefficient (Wildman–Crippen LogP) is 2.05. The van der Waals surface area contributed by atoms with E-state index in [-0.39, 0.29) is 6.54 Å². The molecule has 0 bridgehead atoms. The third kappa shape index (κ3) is 4.52. The summed E-state index contributed by atoms with van der Waals surface area (Å²) in [5.41, 5.74) is 8.28. The van der Waals surface area contributed by atoms with Gasteiger partial charge in [0.2, 0.25) is 0 Å². The summed E-state index contributed by atoms with van der Waals surface area (Å²) in [6, 6.07) is 6.11. The first kappa shape index (κ1) is 15.9. The van der Waals surface area contributed by atoms with Gasteiger partial charge in [0.15, 0.2) is 5.11 Å². The van der Waals surface area contributed by atoms with Crippen LogP contribution in [-0.4, -0.2) is 17.6 Å². The standard InChI is InChI=1S/C14H18N4OS/c1-4-10-7-6-8-11(5-2)13(10)16-14(20)18-17-12(19)9-15-3/h6-8H,4-5,9H2,1-2H3,(H,17,19)(H2,16,18,20). The molecule has 0 saturated carbocycles. The van der Waals surface area contributed by atoms with E-state index in [0.717, 1.165) is 18.5 Å². The monoisotopic (exact) mass is 290 g/mol. The Bertz CT molecular complexity index is 514. The number of hydrogen-bond acceptors (Lipinski definition) is 2. The van der Waals surface area contributed by atoms with Crippen molar-refractivity contribution >= 4 is 28.9 Å². The number of amides is 1. The minimum absolute atomic E-state index is 0.221.